The Labute approximate surface area is 168 Å². The molecule has 152 valence electrons. The Morgan fingerprint density at radius 2 is 2.07 bits per heavy atom. The lowest BCUT2D eigenvalue weighted by Gasteiger charge is -2.37. The van der Waals surface area contributed by atoms with Gasteiger partial charge in [-0.05, 0) is 18.2 Å². The molecule has 9 nitrogen and oxygen atoms in total. The topological polar surface area (TPSA) is 90.2 Å². The molecule has 4 rings (SSSR count). The van der Waals surface area contributed by atoms with Crippen molar-refractivity contribution in [2.24, 2.45) is 4.99 Å². The van der Waals surface area contributed by atoms with E-state index in [0.29, 0.717) is 32.3 Å². The number of morpholine rings is 1. The summed E-state index contributed by atoms with van der Waals surface area (Å²) in [5.41, 5.74) is 0.710. The minimum Gasteiger partial charge on any atom is -0.464 e. The van der Waals surface area contributed by atoms with E-state index < -0.39 is 11.7 Å². The van der Waals surface area contributed by atoms with Gasteiger partial charge in [0.05, 0.1) is 26.0 Å². The maximum Gasteiger partial charge on any atom is 0.354 e. The molecule has 0 bridgehead atoms. The molecule has 1 atom stereocenters. The largest absolute Gasteiger partial charge is 0.464 e. The highest BCUT2D eigenvalue weighted by Gasteiger charge is 2.37. The summed E-state index contributed by atoms with van der Waals surface area (Å²) in [6.45, 7) is 2.50. The molecule has 3 heterocycles. The van der Waals surface area contributed by atoms with Crippen LogP contribution in [0.1, 0.15) is 5.56 Å². The van der Waals surface area contributed by atoms with Crippen LogP contribution in [0.25, 0.3) is 5.69 Å². The zero-order valence-corrected chi connectivity index (χ0v) is 16.4. The number of hydrogen-bond donors (Lipinski definition) is 1. The Balaban J connectivity index is 1.80. The van der Waals surface area contributed by atoms with Crippen molar-refractivity contribution >= 4 is 11.9 Å². The highest BCUT2D eigenvalue weighted by Crippen LogP contribution is 2.33. The van der Waals surface area contributed by atoms with Gasteiger partial charge in [-0.25, -0.2) is 14.5 Å². The van der Waals surface area contributed by atoms with Gasteiger partial charge in [0.25, 0.3) is 0 Å². The van der Waals surface area contributed by atoms with Crippen LogP contribution in [-0.4, -0.2) is 67.1 Å². The van der Waals surface area contributed by atoms with Crippen molar-refractivity contribution < 1.29 is 19.0 Å². The van der Waals surface area contributed by atoms with Gasteiger partial charge in [0, 0.05) is 44.2 Å². The summed E-state index contributed by atoms with van der Waals surface area (Å²) < 4.78 is 18.0. The van der Waals surface area contributed by atoms with Crippen molar-refractivity contribution in [2.45, 2.75) is 5.72 Å². The lowest BCUT2D eigenvalue weighted by atomic mass is 9.99. The van der Waals surface area contributed by atoms with Gasteiger partial charge >= 0.3 is 5.97 Å². The van der Waals surface area contributed by atoms with Crippen LogP contribution in [0.4, 0.5) is 0 Å². The van der Waals surface area contributed by atoms with Crippen molar-refractivity contribution in [3.05, 3.63) is 60.1 Å². The number of carbonyl (C=O) groups is 1. The first-order valence-corrected chi connectivity index (χ1v) is 9.31. The Morgan fingerprint density at radius 3 is 2.76 bits per heavy atom. The van der Waals surface area contributed by atoms with Crippen LogP contribution in [0.3, 0.4) is 0 Å². The fraction of sp³-hybridized carbons (Fsp3) is 0.350. The summed E-state index contributed by atoms with van der Waals surface area (Å²) in [6.07, 6.45) is 5.22. The zero-order chi connectivity index (χ0) is 20.3. The van der Waals surface area contributed by atoms with Gasteiger partial charge in [0.2, 0.25) is 11.7 Å². The summed E-state index contributed by atoms with van der Waals surface area (Å²) >= 11 is 0. The van der Waals surface area contributed by atoms with Crippen LogP contribution in [0, 0.1) is 0 Å². The lowest BCUT2D eigenvalue weighted by molar-refractivity contribution is -0.136. The molecule has 1 fully saturated rings. The maximum atomic E-state index is 12.4. The molecule has 29 heavy (non-hydrogen) atoms. The van der Waals surface area contributed by atoms with Crippen molar-refractivity contribution in [1.29, 1.82) is 0 Å². The molecule has 1 saturated heterocycles. The molecule has 0 aliphatic carbocycles. The van der Waals surface area contributed by atoms with E-state index in [-0.39, 0.29) is 5.70 Å². The average Bonchev–Trinajstić information content (AvgIpc) is 3.34. The lowest BCUT2D eigenvalue weighted by Crippen LogP contribution is -2.51. The Kier molecular flexibility index (Phi) is 5.32. The number of aliphatic imine (C=N–C) groups is 1. The molecule has 9 heteroatoms. The fourth-order valence-electron chi connectivity index (χ4n) is 3.38. The maximum absolute atomic E-state index is 12.4. The predicted molar refractivity (Wildman–Crippen MR) is 105 cm³/mol. The summed E-state index contributed by atoms with van der Waals surface area (Å²) in [5.74, 6) is 0.0536. The molecule has 2 aliphatic heterocycles. The molecular formula is C20H23N5O4. The summed E-state index contributed by atoms with van der Waals surface area (Å²) in [5, 5.41) is 7.37. The number of ether oxygens (including phenoxy) is 3. The predicted octanol–water partition coefficient (Wildman–Crippen LogP) is 1.02. The van der Waals surface area contributed by atoms with Gasteiger partial charge in [0.15, 0.2) is 0 Å². The van der Waals surface area contributed by atoms with E-state index >= 15 is 0 Å². The highest BCUT2D eigenvalue weighted by molar-refractivity contribution is 5.96. The number of rotatable bonds is 4. The van der Waals surface area contributed by atoms with E-state index in [1.54, 1.807) is 24.1 Å². The van der Waals surface area contributed by atoms with Crippen LogP contribution < -0.4 is 5.32 Å². The monoisotopic (exact) mass is 397 g/mol. The van der Waals surface area contributed by atoms with Gasteiger partial charge in [-0.3, -0.25) is 0 Å². The zero-order valence-electron chi connectivity index (χ0n) is 16.4. The van der Waals surface area contributed by atoms with E-state index in [9.17, 15) is 4.79 Å². The molecule has 1 N–H and O–H groups in total. The first kappa shape index (κ1) is 19.2. The number of aromatic nitrogens is 2. The number of guanidine groups is 1. The smallest absolute Gasteiger partial charge is 0.354 e. The number of methoxy groups -OCH3 is 2. The van der Waals surface area contributed by atoms with Crippen molar-refractivity contribution in [3.63, 3.8) is 0 Å². The van der Waals surface area contributed by atoms with Crippen LogP contribution in [0.15, 0.2) is 59.5 Å². The van der Waals surface area contributed by atoms with E-state index in [1.165, 1.54) is 7.11 Å². The first-order chi connectivity index (χ1) is 14.1. The molecule has 0 spiro atoms. The van der Waals surface area contributed by atoms with Gasteiger partial charge in [-0.2, -0.15) is 5.10 Å². The van der Waals surface area contributed by atoms with Gasteiger partial charge in [-0.1, -0.05) is 12.1 Å². The molecule has 1 unspecified atom stereocenters. The average molecular weight is 397 g/mol. The second kappa shape index (κ2) is 8.06. The summed E-state index contributed by atoms with van der Waals surface area (Å²) in [4.78, 5) is 19.3. The minimum atomic E-state index is -1.19. The number of carbonyl (C=O) groups excluding carboxylic acids is 1. The minimum absolute atomic E-state index is 0.273. The number of nitrogens with zero attached hydrogens (tertiary/aromatic N) is 4. The number of nitrogens with one attached hydrogen (secondary N) is 1. The van der Waals surface area contributed by atoms with Gasteiger partial charge in [0.1, 0.15) is 5.70 Å². The molecule has 1 aromatic heterocycles. The van der Waals surface area contributed by atoms with Crippen molar-refractivity contribution in [2.75, 3.05) is 40.5 Å². The SMILES string of the molecule is COC(=O)C1=CC(OC)(c2cccc(-n3cccn3)c2)N=C(N2CCOCC2)N1. The molecule has 1 aromatic carbocycles. The second-order valence-corrected chi connectivity index (χ2v) is 6.61. The third kappa shape index (κ3) is 3.74. The van der Waals surface area contributed by atoms with E-state index in [4.69, 9.17) is 19.2 Å². The van der Waals surface area contributed by atoms with Crippen molar-refractivity contribution in [3.8, 4) is 5.69 Å². The number of hydrogen-bond acceptors (Lipinski definition) is 8. The van der Waals surface area contributed by atoms with Crippen LogP contribution in [0.5, 0.6) is 0 Å². The molecular weight excluding hydrogens is 374 g/mol. The van der Waals surface area contributed by atoms with Gasteiger partial charge in [-0.15, -0.1) is 0 Å². The summed E-state index contributed by atoms with van der Waals surface area (Å²) in [6, 6.07) is 9.55. The highest BCUT2D eigenvalue weighted by atomic mass is 16.5. The molecule has 0 amide bonds. The van der Waals surface area contributed by atoms with Crippen molar-refractivity contribution in [1.82, 2.24) is 20.0 Å². The van der Waals surface area contributed by atoms with Crippen LogP contribution >= 0.6 is 0 Å². The third-order valence-electron chi connectivity index (χ3n) is 4.91. The Bertz CT molecular complexity index is 934. The second-order valence-electron chi connectivity index (χ2n) is 6.61. The van der Waals surface area contributed by atoms with E-state index in [1.807, 2.05) is 41.4 Å². The molecule has 2 aromatic rings. The number of esters is 1. The standard InChI is InChI=1S/C20H23N5O4/c1-27-18(26)17-14-20(28-2,23-19(22-17)24-9-11-29-12-10-24)15-5-3-6-16(13-15)25-8-4-7-21-25/h3-8,13-14H,9-12H2,1-2H3,(H,22,23). The summed E-state index contributed by atoms with van der Waals surface area (Å²) in [7, 11) is 2.91. The number of benzene rings is 1. The Hall–Kier alpha value is -3.17. The van der Waals surface area contributed by atoms with Crippen LogP contribution in [0.2, 0.25) is 0 Å². The fourth-order valence-corrected chi connectivity index (χ4v) is 3.38. The molecule has 2 aliphatic rings. The quantitative estimate of drug-likeness (QED) is 0.771. The van der Waals surface area contributed by atoms with Crippen LogP contribution in [-0.2, 0) is 24.7 Å². The molecule has 0 radical (unpaired) electrons. The first-order valence-electron chi connectivity index (χ1n) is 9.31. The van der Waals surface area contributed by atoms with Gasteiger partial charge < -0.3 is 24.4 Å². The van der Waals surface area contributed by atoms with E-state index in [0.717, 1.165) is 11.3 Å². The third-order valence-corrected chi connectivity index (χ3v) is 4.91. The normalized spacial score (nSPS) is 21.8. The Morgan fingerprint density at radius 1 is 1.24 bits per heavy atom. The van der Waals surface area contributed by atoms with E-state index in [2.05, 4.69) is 10.4 Å². The molecule has 0 saturated carbocycles.